The van der Waals surface area contributed by atoms with Gasteiger partial charge in [-0.15, -0.1) is 0 Å². The summed E-state index contributed by atoms with van der Waals surface area (Å²) >= 11 is 0. The van der Waals surface area contributed by atoms with Crippen molar-refractivity contribution in [3.63, 3.8) is 0 Å². The third-order valence-electron chi connectivity index (χ3n) is 5.80. The van der Waals surface area contributed by atoms with Gasteiger partial charge in [0.05, 0.1) is 0 Å². The van der Waals surface area contributed by atoms with Gasteiger partial charge in [-0.1, -0.05) is 106 Å². The maximum Gasteiger partial charge on any atom is -0.0354 e. The van der Waals surface area contributed by atoms with Gasteiger partial charge in [-0.3, -0.25) is 0 Å². The largest absolute Gasteiger partial charge is 0.0628 e. The Morgan fingerprint density at radius 2 is 1.04 bits per heavy atom. The SMILES string of the molecule is CC(C)CCCCCCCCCCC(C)(C)CCC(C)C(C)C. The third-order valence-corrected chi connectivity index (χ3v) is 5.80. The lowest BCUT2D eigenvalue weighted by Gasteiger charge is -2.27. The number of hydrogen-bond acceptors (Lipinski definition) is 0. The van der Waals surface area contributed by atoms with Crippen LogP contribution in [0, 0.1) is 23.2 Å². The van der Waals surface area contributed by atoms with Crippen LogP contribution < -0.4 is 0 Å². The molecule has 0 aromatic heterocycles. The molecule has 0 aromatic carbocycles. The molecule has 0 spiro atoms. The average Bonchev–Trinajstić information content (AvgIpc) is 2.46. The average molecular weight is 325 g/mol. The van der Waals surface area contributed by atoms with Crippen molar-refractivity contribution in [1.29, 1.82) is 0 Å². The highest BCUT2D eigenvalue weighted by atomic mass is 14.2. The Bertz CT molecular complexity index is 249. The lowest BCUT2D eigenvalue weighted by molar-refractivity contribution is 0.248. The summed E-state index contributed by atoms with van der Waals surface area (Å²) in [5.41, 5.74) is 0.556. The molecule has 1 unspecified atom stereocenters. The molecule has 140 valence electrons. The van der Waals surface area contributed by atoms with Gasteiger partial charge in [0.1, 0.15) is 0 Å². The van der Waals surface area contributed by atoms with Crippen molar-refractivity contribution >= 4 is 0 Å². The van der Waals surface area contributed by atoms with Gasteiger partial charge >= 0.3 is 0 Å². The lowest BCUT2D eigenvalue weighted by Crippen LogP contribution is -2.14. The van der Waals surface area contributed by atoms with E-state index in [0.29, 0.717) is 5.41 Å². The molecule has 0 saturated heterocycles. The van der Waals surface area contributed by atoms with Gasteiger partial charge in [0, 0.05) is 0 Å². The molecule has 23 heavy (non-hydrogen) atoms. The number of unbranched alkanes of at least 4 members (excludes halogenated alkanes) is 7. The zero-order chi connectivity index (χ0) is 17.7. The Balaban J connectivity index is 3.45. The van der Waals surface area contributed by atoms with Gasteiger partial charge in [0.2, 0.25) is 0 Å². The summed E-state index contributed by atoms with van der Waals surface area (Å²) in [4.78, 5) is 0. The van der Waals surface area contributed by atoms with Crippen molar-refractivity contribution < 1.29 is 0 Å². The van der Waals surface area contributed by atoms with Gasteiger partial charge in [-0.05, 0) is 42.4 Å². The highest BCUT2D eigenvalue weighted by molar-refractivity contribution is 4.71. The monoisotopic (exact) mass is 324 g/mol. The standard InChI is InChI=1S/C23H48/c1-20(2)16-14-12-10-8-9-11-13-15-18-23(6,7)19-17-22(5)21(3)4/h20-22H,8-19H2,1-7H3. The minimum atomic E-state index is 0.556. The van der Waals surface area contributed by atoms with Crippen LogP contribution in [0.1, 0.15) is 126 Å². The molecule has 0 N–H and O–H groups in total. The molecule has 0 saturated carbocycles. The van der Waals surface area contributed by atoms with Crippen molar-refractivity contribution in [2.75, 3.05) is 0 Å². The zero-order valence-corrected chi connectivity index (χ0v) is 17.7. The minimum Gasteiger partial charge on any atom is -0.0628 e. The first-order chi connectivity index (χ1) is 10.7. The maximum atomic E-state index is 2.48. The Kier molecular flexibility index (Phi) is 13.3. The second-order valence-corrected chi connectivity index (χ2v) is 9.69. The van der Waals surface area contributed by atoms with Crippen molar-refractivity contribution in [3.8, 4) is 0 Å². The number of hydrogen-bond donors (Lipinski definition) is 0. The van der Waals surface area contributed by atoms with Crippen LogP contribution >= 0.6 is 0 Å². The minimum absolute atomic E-state index is 0.556. The first-order valence-corrected chi connectivity index (χ1v) is 10.7. The summed E-state index contributed by atoms with van der Waals surface area (Å²) in [6, 6.07) is 0. The summed E-state index contributed by atoms with van der Waals surface area (Å²) in [5.74, 6) is 2.61. The number of rotatable bonds is 15. The molecular formula is C23H48. The lowest BCUT2D eigenvalue weighted by atomic mass is 9.79. The van der Waals surface area contributed by atoms with E-state index < -0.39 is 0 Å². The van der Waals surface area contributed by atoms with Crippen LogP contribution in [0.4, 0.5) is 0 Å². The summed E-state index contributed by atoms with van der Waals surface area (Å²) in [6.07, 6.45) is 17.3. The molecule has 0 heteroatoms. The molecule has 0 aliphatic rings. The molecule has 0 aromatic rings. The van der Waals surface area contributed by atoms with E-state index in [0.717, 1.165) is 17.8 Å². The second-order valence-electron chi connectivity index (χ2n) is 9.69. The van der Waals surface area contributed by atoms with E-state index in [1.165, 1.54) is 77.0 Å². The predicted molar refractivity (Wildman–Crippen MR) is 108 cm³/mol. The highest BCUT2D eigenvalue weighted by Gasteiger charge is 2.19. The fourth-order valence-corrected chi connectivity index (χ4v) is 3.29. The summed E-state index contributed by atoms with van der Waals surface area (Å²) in [7, 11) is 0. The molecule has 0 rings (SSSR count). The van der Waals surface area contributed by atoms with E-state index in [4.69, 9.17) is 0 Å². The van der Waals surface area contributed by atoms with E-state index in [1.54, 1.807) is 0 Å². The summed E-state index contributed by atoms with van der Waals surface area (Å²) in [5, 5.41) is 0. The zero-order valence-electron chi connectivity index (χ0n) is 17.7. The van der Waals surface area contributed by atoms with Crippen LogP contribution in [-0.2, 0) is 0 Å². The predicted octanol–water partition coefficient (Wildman–Crippen LogP) is 8.64. The van der Waals surface area contributed by atoms with Crippen molar-refractivity contribution in [2.45, 2.75) is 126 Å². The molecule has 1 atom stereocenters. The van der Waals surface area contributed by atoms with Gasteiger partial charge in [0.25, 0.3) is 0 Å². The highest BCUT2D eigenvalue weighted by Crippen LogP contribution is 2.32. The molecule has 0 fully saturated rings. The molecule has 0 aliphatic carbocycles. The van der Waals surface area contributed by atoms with Gasteiger partial charge in [-0.2, -0.15) is 0 Å². The molecule has 0 heterocycles. The van der Waals surface area contributed by atoms with Crippen LogP contribution in [-0.4, -0.2) is 0 Å². The molecular weight excluding hydrogens is 276 g/mol. The van der Waals surface area contributed by atoms with Gasteiger partial charge < -0.3 is 0 Å². The first kappa shape index (κ1) is 23.0. The Labute approximate surface area is 149 Å². The van der Waals surface area contributed by atoms with E-state index in [1.807, 2.05) is 0 Å². The Hall–Kier alpha value is 0. The Morgan fingerprint density at radius 3 is 1.52 bits per heavy atom. The van der Waals surface area contributed by atoms with E-state index in [2.05, 4.69) is 48.5 Å². The topological polar surface area (TPSA) is 0 Å². The second kappa shape index (κ2) is 13.3. The molecule has 0 nitrogen and oxygen atoms in total. The van der Waals surface area contributed by atoms with Gasteiger partial charge in [0.15, 0.2) is 0 Å². The van der Waals surface area contributed by atoms with Crippen LogP contribution in [0.3, 0.4) is 0 Å². The van der Waals surface area contributed by atoms with Crippen LogP contribution in [0.2, 0.25) is 0 Å². The summed E-state index contributed by atoms with van der Waals surface area (Å²) in [6.45, 7) is 16.8. The molecule has 0 radical (unpaired) electrons. The fraction of sp³-hybridized carbons (Fsp3) is 1.00. The van der Waals surface area contributed by atoms with Crippen molar-refractivity contribution in [1.82, 2.24) is 0 Å². The van der Waals surface area contributed by atoms with Crippen LogP contribution in [0.5, 0.6) is 0 Å². The quantitative estimate of drug-likeness (QED) is 0.264. The molecule has 0 amide bonds. The van der Waals surface area contributed by atoms with Crippen LogP contribution in [0.25, 0.3) is 0 Å². The van der Waals surface area contributed by atoms with Gasteiger partial charge in [-0.25, -0.2) is 0 Å². The third kappa shape index (κ3) is 15.3. The van der Waals surface area contributed by atoms with Crippen LogP contribution in [0.15, 0.2) is 0 Å². The summed E-state index contributed by atoms with van der Waals surface area (Å²) < 4.78 is 0. The van der Waals surface area contributed by atoms with E-state index in [9.17, 15) is 0 Å². The normalized spacial score (nSPS) is 14.0. The molecule has 0 bridgehead atoms. The first-order valence-electron chi connectivity index (χ1n) is 10.7. The fourth-order valence-electron chi connectivity index (χ4n) is 3.29. The maximum absolute atomic E-state index is 2.48. The molecule has 0 aliphatic heterocycles. The van der Waals surface area contributed by atoms with Crippen molar-refractivity contribution in [3.05, 3.63) is 0 Å². The van der Waals surface area contributed by atoms with E-state index in [-0.39, 0.29) is 0 Å². The Morgan fingerprint density at radius 1 is 0.565 bits per heavy atom. The smallest absolute Gasteiger partial charge is 0.0354 e. The van der Waals surface area contributed by atoms with E-state index >= 15 is 0 Å². The van der Waals surface area contributed by atoms with Crippen molar-refractivity contribution in [2.24, 2.45) is 23.2 Å².